The van der Waals surface area contributed by atoms with Crippen LogP contribution in [0.1, 0.15) is 50.3 Å². The van der Waals surface area contributed by atoms with Gasteiger partial charge in [-0.15, -0.1) is 0 Å². The number of hydrogen-bond donors (Lipinski definition) is 1. The van der Waals surface area contributed by atoms with E-state index in [1.54, 1.807) is 0 Å². The third-order valence-electron chi connectivity index (χ3n) is 4.26. The van der Waals surface area contributed by atoms with Crippen LogP contribution in [0.25, 0.3) is 11.6 Å². The van der Waals surface area contributed by atoms with Crippen LogP contribution in [0.5, 0.6) is 0 Å². The summed E-state index contributed by atoms with van der Waals surface area (Å²) in [6.45, 7) is 6.67. The molecule has 1 aliphatic rings. The molecule has 0 aliphatic heterocycles. The number of furan rings is 1. The molecule has 0 spiro atoms. The van der Waals surface area contributed by atoms with Crippen LogP contribution in [0.2, 0.25) is 0 Å². The minimum Gasteiger partial charge on any atom is -0.458 e. The Morgan fingerprint density at radius 2 is 2.19 bits per heavy atom. The van der Waals surface area contributed by atoms with Crippen molar-refractivity contribution in [3.63, 3.8) is 0 Å². The molecule has 112 valence electrons. The molecule has 1 unspecified atom stereocenters. The first-order valence-corrected chi connectivity index (χ1v) is 7.64. The van der Waals surface area contributed by atoms with Crippen LogP contribution in [0, 0.1) is 5.41 Å². The van der Waals surface area contributed by atoms with Gasteiger partial charge in [-0.05, 0) is 37.4 Å². The normalized spacial score (nSPS) is 20.3. The van der Waals surface area contributed by atoms with E-state index in [9.17, 15) is 0 Å². The van der Waals surface area contributed by atoms with Gasteiger partial charge in [0.25, 0.3) is 0 Å². The first-order chi connectivity index (χ1) is 10.0. The molecule has 0 radical (unpaired) electrons. The third kappa shape index (κ3) is 2.72. The lowest BCUT2D eigenvalue weighted by atomic mass is 9.74. The van der Waals surface area contributed by atoms with E-state index in [0.29, 0.717) is 11.9 Å². The van der Waals surface area contributed by atoms with Crippen molar-refractivity contribution < 1.29 is 4.42 Å². The van der Waals surface area contributed by atoms with Gasteiger partial charge in [-0.1, -0.05) is 20.8 Å². The van der Waals surface area contributed by atoms with Crippen molar-refractivity contribution in [1.29, 1.82) is 0 Å². The molecular weight excluding hydrogens is 262 g/mol. The van der Waals surface area contributed by atoms with Gasteiger partial charge in [-0.25, -0.2) is 9.97 Å². The summed E-state index contributed by atoms with van der Waals surface area (Å²) in [6.07, 6.45) is 4.94. The molecular formula is C17H23N3O. The monoisotopic (exact) mass is 285 g/mol. The van der Waals surface area contributed by atoms with E-state index >= 15 is 0 Å². The summed E-state index contributed by atoms with van der Waals surface area (Å²) in [5.41, 5.74) is 2.62. The van der Waals surface area contributed by atoms with E-state index < -0.39 is 0 Å². The zero-order chi connectivity index (χ0) is 15.0. The molecule has 4 nitrogen and oxygen atoms in total. The maximum absolute atomic E-state index is 5.77. The molecule has 2 aromatic heterocycles. The molecule has 1 N–H and O–H groups in total. The standard InChI is InChI=1S/C17H23N3O/c1-5-11-6-7-15(21-11)16-19-10-12-13(18-4)8-17(2,3)9-14(12)20-16/h6-7,10,13,18H,5,8-9H2,1-4H3. The molecule has 4 heteroatoms. The van der Waals surface area contributed by atoms with Crippen molar-refractivity contribution >= 4 is 0 Å². The largest absolute Gasteiger partial charge is 0.458 e. The number of rotatable bonds is 3. The minimum atomic E-state index is 0.254. The Bertz CT molecular complexity index is 645. The molecule has 1 aliphatic carbocycles. The van der Waals surface area contributed by atoms with Crippen LogP contribution in [-0.2, 0) is 12.8 Å². The quantitative estimate of drug-likeness (QED) is 0.937. The van der Waals surface area contributed by atoms with Gasteiger partial charge in [-0.3, -0.25) is 0 Å². The van der Waals surface area contributed by atoms with Crippen LogP contribution in [0.15, 0.2) is 22.7 Å². The SMILES string of the molecule is CCc1ccc(-c2ncc3c(n2)CC(C)(C)CC3NC)o1. The number of aryl methyl sites for hydroxylation is 1. The van der Waals surface area contributed by atoms with E-state index in [0.717, 1.165) is 36.5 Å². The molecule has 2 heterocycles. The highest BCUT2D eigenvalue weighted by atomic mass is 16.3. The van der Waals surface area contributed by atoms with Crippen molar-refractivity contribution in [2.24, 2.45) is 5.41 Å². The van der Waals surface area contributed by atoms with Crippen molar-refractivity contribution in [2.45, 2.75) is 46.1 Å². The average Bonchev–Trinajstić information content (AvgIpc) is 2.93. The smallest absolute Gasteiger partial charge is 0.195 e. The Hall–Kier alpha value is -1.68. The molecule has 0 fully saturated rings. The highest BCUT2D eigenvalue weighted by molar-refractivity contribution is 5.48. The minimum absolute atomic E-state index is 0.254. The maximum atomic E-state index is 5.77. The van der Waals surface area contributed by atoms with Gasteiger partial charge in [0.15, 0.2) is 11.6 Å². The lowest BCUT2D eigenvalue weighted by molar-refractivity contribution is 0.260. The van der Waals surface area contributed by atoms with Crippen LogP contribution in [0.3, 0.4) is 0 Å². The summed E-state index contributed by atoms with van der Waals surface area (Å²) in [6, 6.07) is 4.29. The first-order valence-electron chi connectivity index (χ1n) is 7.64. The third-order valence-corrected chi connectivity index (χ3v) is 4.26. The highest BCUT2D eigenvalue weighted by Gasteiger charge is 2.33. The Balaban J connectivity index is 2.00. The average molecular weight is 285 g/mol. The molecule has 2 aromatic rings. The van der Waals surface area contributed by atoms with Crippen molar-refractivity contribution in [1.82, 2.24) is 15.3 Å². The summed E-state index contributed by atoms with van der Waals surface area (Å²) >= 11 is 0. The number of fused-ring (bicyclic) bond motifs is 1. The fraction of sp³-hybridized carbons (Fsp3) is 0.529. The number of nitrogens with zero attached hydrogens (tertiary/aromatic N) is 2. The summed E-state index contributed by atoms with van der Waals surface area (Å²) < 4.78 is 5.77. The molecule has 0 bridgehead atoms. The van der Waals surface area contributed by atoms with Gasteiger partial charge < -0.3 is 9.73 Å². The maximum Gasteiger partial charge on any atom is 0.195 e. The van der Waals surface area contributed by atoms with Crippen molar-refractivity contribution in [3.8, 4) is 11.6 Å². The van der Waals surface area contributed by atoms with Gasteiger partial charge in [0.05, 0.1) is 0 Å². The lowest BCUT2D eigenvalue weighted by Gasteiger charge is -2.36. The molecule has 0 amide bonds. The molecule has 1 atom stereocenters. The molecule has 0 aromatic carbocycles. The van der Waals surface area contributed by atoms with Crippen LogP contribution in [-0.4, -0.2) is 17.0 Å². The molecule has 0 saturated heterocycles. The Morgan fingerprint density at radius 1 is 1.38 bits per heavy atom. The van der Waals surface area contributed by atoms with Crippen molar-refractivity contribution in [3.05, 3.63) is 35.3 Å². The van der Waals surface area contributed by atoms with Gasteiger partial charge in [0, 0.05) is 29.9 Å². The predicted molar refractivity (Wildman–Crippen MR) is 83.0 cm³/mol. The van der Waals surface area contributed by atoms with Gasteiger partial charge in [-0.2, -0.15) is 0 Å². The second-order valence-electron chi connectivity index (χ2n) is 6.60. The number of hydrogen-bond acceptors (Lipinski definition) is 4. The zero-order valence-corrected chi connectivity index (χ0v) is 13.2. The Morgan fingerprint density at radius 3 is 2.86 bits per heavy atom. The van der Waals surface area contributed by atoms with Crippen LogP contribution in [0.4, 0.5) is 0 Å². The second kappa shape index (κ2) is 5.26. The van der Waals surface area contributed by atoms with E-state index in [2.05, 4.69) is 31.1 Å². The topological polar surface area (TPSA) is 51.0 Å². The summed E-state index contributed by atoms with van der Waals surface area (Å²) in [7, 11) is 2.00. The van der Waals surface area contributed by atoms with Crippen LogP contribution >= 0.6 is 0 Å². The van der Waals surface area contributed by atoms with Gasteiger partial charge >= 0.3 is 0 Å². The summed E-state index contributed by atoms with van der Waals surface area (Å²) in [4.78, 5) is 9.29. The van der Waals surface area contributed by atoms with E-state index in [-0.39, 0.29) is 5.41 Å². The van der Waals surface area contributed by atoms with Crippen LogP contribution < -0.4 is 5.32 Å². The molecule has 0 saturated carbocycles. The molecule has 3 rings (SSSR count). The zero-order valence-electron chi connectivity index (χ0n) is 13.2. The van der Waals surface area contributed by atoms with E-state index in [1.165, 1.54) is 5.56 Å². The summed E-state index contributed by atoms with van der Waals surface area (Å²) in [5, 5.41) is 3.38. The number of nitrogens with one attached hydrogen (secondary N) is 1. The Kier molecular flexibility index (Phi) is 3.57. The fourth-order valence-corrected chi connectivity index (χ4v) is 3.11. The van der Waals surface area contributed by atoms with Gasteiger partial charge in [0.1, 0.15) is 5.76 Å². The molecule has 21 heavy (non-hydrogen) atoms. The first kappa shape index (κ1) is 14.3. The van der Waals surface area contributed by atoms with E-state index in [1.807, 2.05) is 25.4 Å². The predicted octanol–water partition coefficient (Wildman–Crippen LogP) is 3.53. The highest BCUT2D eigenvalue weighted by Crippen LogP contribution is 2.40. The fourth-order valence-electron chi connectivity index (χ4n) is 3.11. The van der Waals surface area contributed by atoms with Gasteiger partial charge in [0.2, 0.25) is 0 Å². The summed E-state index contributed by atoms with van der Waals surface area (Å²) in [5.74, 6) is 2.43. The second-order valence-corrected chi connectivity index (χ2v) is 6.60. The van der Waals surface area contributed by atoms with Crippen molar-refractivity contribution in [2.75, 3.05) is 7.05 Å². The van der Waals surface area contributed by atoms with E-state index in [4.69, 9.17) is 9.40 Å². The lowest BCUT2D eigenvalue weighted by Crippen LogP contribution is -2.32. The number of aromatic nitrogens is 2. The Labute approximate surface area is 126 Å².